The number of nitro groups is 1. The third-order valence-corrected chi connectivity index (χ3v) is 4.18. The summed E-state index contributed by atoms with van der Waals surface area (Å²) in [4.78, 5) is 10.3. The molecule has 3 atom stereocenters. The van der Waals surface area contributed by atoms with E-state index < -0.39 is 5.79 Å². The number of non-ortho nitro benzene ring substituents is 1. The smallest absolute Gasteiger partial charge is 0.269 e. The Labute approximate surface area is 118 Å². The van der Waals surface area contributed by atoms with E-state index in [-0.39, 0.29) is 22.8 Å². The zero-order valence-corrected chi connectivity index (χ0v) is 11.7. The minimum absolute atomic E-state index is 0.138. The lowest BCUT2D eigenvalue weighted by molar-refractivity contribution is -0.384. The van der Waals surface area contributed by atoms with Gasteiger partial charge in [-0.15, -0.1) is 0 Å². The van der Waals surface area contributed by atoms with Gasteiger partial charge >= 0.3 is 0 Å². The Hall–Kier alpha value is -1.46. The van der Waals surface area contributed by atoms with E-state index in [1.54, 1.807) is 12.1 Å². The summed E-state index contributed by atoms with van der Waals surface area (Å²) in [6, 6.07) is 6.89. The van der Waals surface area contributed by atoms with Gasteiger partial charge in [0.05, 0.1) is 17.1 Å². The van der Waals surface area contributed by atoms with E-state index in [0.29, 0.717) is 5.92 Å². The highest BCUT2D eigenvalue weighted by Gasteiger charge is 2.44. The molecule has 5 heteroatoms. The van der Waals surface area contributed by atoms with Gasteiger partial charge in [0, 0.05) is 12.1 Å². The SMILES string of the molecule is CC1(C)OC2CCC(c3ccc([N+](=O)[O-])cc3)CC2O1. The number of benzene rings is 1. The van der Waals surface area contributed by atoms with Gasteiger partial charge in [-0.1, -0.05) is 12.1 Å². The van der Waals surface area contributed by atoms with Crippen molar-refractivity contribution in [2.75, 3.05) is 0 Å². The zero-order chi connectivity index (χ0) is 14.3. The molecule has 1 saturated carbocycles. The average Bonchev–Trinajstić information content (AvgIpc) is 2.71. The van der Waals surface area contributed by atoms with E-state index in [2.05, 4.69) is 0 Å². The van der Waals surface area contributed by atoms with Crippen molar-refractivity contribution >= 4 is 5.69 Å². The first-order valence-electron chi connectivity index (χ1n) is 7.04. The molecule has 0 amide bonds. The summed E-state index contributed by atoms with van der Waals surface area (Å²) < 4.78 is 11.8. The number of hydrogen-bond donors (Lipinski definition) is 0. The number of ether oxygens (including phenoxy) is 2. The molecule has 108 valence electrons. The molecule has 1 aromatic rings. The van der Waals surface area contributed by atoms with E-state index in [1.807, 2.05) is 26.0 Å². The van der Waals surface area contributed by atoms with Crippen LogP contribution in [0.25, 0.3) is 0 Å². The maximum absolute atomic E-state index is 10.7. The lowest BCUT2D eigenvalue weighted by atomic mass is 9.81. The first kappa shape index (κ1) is 13.5. The second-order valence-corrected chi connectivity index (χ2v) is 6.07. The van der Waals surface area contributed by atoms with Crippen molar-refractivity contribution in [2.24, 2.45) is 0 Å². The molecule has 2 fully saturated rings. The normalized spacial score (nSPS) is 31.8. The van der Waals surface area contributed by atoms with E-state index in [1.165, 1.54) is 0 Å². The van der Waals surface area contributed by atoms with Crippen molar-refractivity contribution in [3.63, 3.8) is 0 Å². The standard InChI is InChI=1S/C15H19NO4/c1-15(2)19-13-8-5-11(9-14(13)20-15)10-3-6-12(7-4-10)16(17)18/h3-4,6-7,11,13-14H,5,8-9H2,1-2H3. The Morgan fingerprint density at radius 3 is 2.45 bits per heavy atom. The van der Waals surface area contributed by atoms with Crippen LogP contribution in [-0.4, -0.2) is 22.9 Å². The fourth-order valence-electron chi connectivity index (χ4n) is 3.29. The van der Waals surface area contributed by atoms with Crippen LogP contribution in [0.4, 0.5) is 5.69 Å². The van der Waals surface area contributed by atoms with Crippen LogP contribution in [0.3, 0.4) is 0 Å². The van der Waals surface area contributed by atoms with Crippen LogP contribution in [0.2, 0.25) is 0 Å². The topological polar surface area (TPSA) is 61.6 Å². The van der Waals surface area contributed by atoms with Crippen molar-refractivity contribution in [2.45, 2.75) is 57.0 Å². The summed E-state index contributed by atoms with van der Waals surface area (Å²) >= 11 is 0. The molecule has 1 saturated heterocycles. The van der Waals surface area contributed by atoms with Crippen LogP contribution in [0.5, 0.6) is 0 Å². The van der Waals surface area contributed by atoms with Crippen molar-refractivity contribution in [1.29, 1.82) is 0 Å². The predicted molar refractivity (Wildman–Crippen MR) is 73.5 cm³/mol. The van der Waals surface area contributed by atoms with E-state index in [4.69, 9.17) is 9.47 Å². The van der Waals surface area contributed by atoms with E-state index >= 15 is 0 Å². The Morgan fingerprint density at radius 1 is 1.15 bits per heavy atom. The molecule has 3 unspecified atom stereocenters. The summed E-state index contributed by atoms with van der Waals surface area (Å²) in [5.74, 6) is -0.0887. The molecular formula is C15H19NO4. The number of fused-ring (bicyclic) bond motifs is 1. The fraction of sp³-hybridized carbons (Fsp3) is 0.600. The minimum atomic E-state index is -0.486. The molecule has 0 aromatic heterocycles. The monoisotopic (exact) mass is 277 g/mol. The van der Waals surface area contributed by atoms with Crippen molar-refractivity contribution in [1.82, 2.24) is 0 Å². The van der Waals surface area contributed by atoms with Gasteiger partial charge in [0.15, 0.2) is 5.79 Å². The molecule has 0 N–H and O–H groups in total. The van der Waals surface area contributed by atoms with Crippen LogP contribution < -0.4 is 0 Å². The van der Waals surface area contributed by atoms with Gasteiger partial charge in [0.25, 0.3) is 5.69 Å². The maximum atomic E-state index is 10.7. The van der Waals surface area contributed by atoms with Crippen LogP contribution in [0, 0.1) is 10.1 Å². The van der Waals surface area contributed by atoms with Gasteiger partial charge in [-0.05, 0) is 44.6 Å². The first-order chi connectivity index (χ1) is 9.44. The van der Waals surface area contributed by atoms with Crippen molar-refractivity contribution in [3.05, 3.63) is 39.9 Å². The van der Waals surface area contributed by atoms with Crippen molar-refractivity contribution in [3.8, 4) is 0 Å². The van der Waals surface area contributed by atoms with Crippen molar-refractivity contribution < 1.29 is 14.4 Å². The predicted octanol–water partition coefficient (Wildman–Crippen LogP) is 3.38. The maximum Gasteiger partial charge on any atom is 0.269 e. The number of nitrogens with zero attached hydrogens (tertiary/aromatic N) is 1. The van der Waals surface area contributed by atoms with Crippen LogP contribution in [-0.2, 0) is 9.47 Å². The lowest BCUT2D eigenvalue weighted by Gasteiger charge is -2.29. The van der Waals surface area contributed by atoms with Gasteiger partial charge in [-0.25, -0.2) is 0 Å². The minimum Gasteiger partial charge on any atom is -0.345 e. The highest BCUT2D eigenvalue weighted by atomic mass is 16.7. The highest BCUT2D eigenvalue weighted by molar-refractivity contribution is 5.34. The Morgan fingerprint density at radius 2 is 1.80 bits per heavy atom. The zero-order valence-electron chi connectivity index (χ0n) is 11.7. The second kappa shape index (κ2) is 4.82. The van der Waals surface area contributed by atoms with Gasteiger partial charge in [-0.3, -0.25) is 10.1 Å². The molecule has 0 bridgehead atoms. The molecular weight excluding hydrogens is 258 g/mol. The molecule has 1 heterocycles. The second-order valence-electron chi connectivity index (χ2n) is 6.07. The van der Waals surface area contributed by atoms with Gasteiger partial charge in [-0.2, -0.15) is 0 Å². The van der Waals surface area contributed by atoms with Crippen LogP contribution in [0.1, 0.15) is 44.6 Å². The molecule has 0 radical (unpaired) electrons. The Kier molecular flexibility index (Phi) is 3.26. The Bertz CT molecular complexity index is 511. The molecule has 20 heavy (non-hydrogen) atoms. The summed E-state index contributed by atoms with van der Waals surface area (Å²) in [6.45, 7) is 3.90. The van der Waals surface area contributed by atoms with Crippen LogP contribution >= 0.6 is 0 Å². The van der Waals surface area contributed by atoms with Gasteiger partial charge in [0.1, 0.15) is 0 Å². The molecule has 0 spiro atoms. The number of hydrogen-bond acceptors (Lipinski definition) is 4. The van der Waals surface area contributed by atoms with E-state index in [0.717, 1.165) is 24.8 Å². The number of nitro benzene ring substituents is 1. The third-order valence-electron chi connectivity index (χ3n) is 4.18. The summed E-state index contributed by atoms with van der Waals surface area (Å²) in [5, 5.41) is 10.7. The fourth-order valence-corrected chi connectivity index (χ4v) is 3.29. The largest absolute Gasteiger partial charge is 0.345 e. The molecule has 1 aromatic carbocycles. The molecule has 5 nitrogen and oxygen atoms in total. The molecule has 1 aliphatic carbocycles. The first-order valence-corrected chi connectivity index (χ1v) is 7.04. The summed E-state index contributed by atoms with van der Waals surface area (Å²) in [6.07, 6.45) is 3.28. The number of rotatable bonds is 2. The summed E-state index contributed by atoms with van der Waals surface area (Å²) in [7, 11) is 0. The third kappa shape index (κ3) is 2.55. The highest BCUT2D eigenvalue weighted by Crippen LogP contribution is 2.42. The lowest BCUT2D eigenvalue weighted by Crippen LogP contribution is -2.30. The van der Waals surface area contributed by atoms with Gasteiger partial charge in [0.2, 0.25) is 0 Å². The van der Waals surface area contributed by atoms with E-state index in [9.17, 15) is 10.1 Å². The molecule has 3 rings (SSSR count). The van der Waals surface area contributed by atoms with Crippen LogP contribution in [0.15, 0.2) is 24.3 Å². The average molecular weight is 277 g/mol. The molecule has 2 aliphatic rings. The van der Waals surface area contributed by atoms with Gasteiger partial charge < -0.3 is 9.47 Å². The molecule has 1 aliphatic heterocycles. The summed E-state index contributed by atoms with van der Waals surface area (Å²) in [5.41, 5.74) is 1.30. The Balaban J connectivity index is 1.71. The quantitative estimate of drug-likeness (QED) is 0.614.